The Morgan fingerprint density at radius 1 is 1.40 bits per heavy atom. The standard InChI is InChI=1S/C13H14O2/c1-3-7-12(10(2)13(14)15)11-8-5-4-6-9-11/h3-6,8-9H,1,7H2,2H3,(H,14,15)/b12-10+. The molecule has 0 spiro atoms. The van der Waals surface area contributed by atoms with E-state index in [1.165, 1.54) is 0 Å². The molecule has 2 nitrogen and oxygen atoms in total. The number of aliphatic carboxylic acids is 1. The lowest BCUT2D eigenvalue weighted by molar-refractivity contribution is -0.132. The molecule has 0 unspecified atom stereocenters. The first-order valence-electron chi connectivity index (χ1n) is 4.76. The fourth-order valence-corrected chi connectivity index (χ4v) is 1.40. The van der Waals surface area contributed by atoms with Crippen molar-refractivity contribution in [3.8, 4) is 0 Å². The predicted octanol–water partition coefficient (Wildman–Crippen LogP) is 3.12. The molecule has 1 N–H and O–H groups in total. The van der Waals surface area contributed by atoms with Crippen LogP contribution in [0.1, 0.15) is 18.9 Å². The Labute approximate surface area is 89.6 Å². The molecule has 2 heteroatoms. The van der Waals surface area contributed by atoms with Gasteiger partial charge in [0.25, 0.3) is 0 Å². The molecule has 1 aromatic rings. The lowest BCUT2D eigenvalue weighted by atomic mass is 9.98. The highest BCUT2D eigenvalue weighted by atomic mass is 16.4. The summed E-state index contributed by atoms with van der Waals surface area (Å²) in [6.45, 7) is 5.26. The molecular weight excluding hydrogens is 188 g/mol. The topological polar surface area (TPSA) is 37.3 Å². The third-order valence-corrected chi connectivity index (χ3v) is 2.24. The zero-order chi connectivity index (χ0) is 11.3. The van der Waals surface area contributed by atoms with Crippen LogP contribution < -0.4 is 0 Å². The van der Waals surface area contributed by atoms with Crippen LogP contribution in [0.5, 0.6) is 0 Å². The first-order chi connectivity index (χ1) is 7.16. The van der Waals surface area contributed by atoms with Crippen LogP contribution >= 0.6 is 0 Å². The van der Waals surface area contributed by atoms with Gasteiger partial charge < -0.3 is 5.11 Å². The summed E-state index contributed by atoms with van der Waals surface area (Å²) < 4.78 is 0. The Morgan fingerprint density at radius 2 is 2.00 bits per heavy atom. The molecule has 0 fully saturated rings. The SMILES string of the molecule is C=CC/C(=C(/C)C(=O)O)c1ccccc1. The minimum Gasteiger partial charge on any atom is -0.478 e. The van der Waals surface area contributed by atoms with Gasteiger partial charge in [0.05, 0.1) is 0 Å². The zero-order valence-electron chi connectivity index (χ0n) is 8.73. The monoisotopic (exact) mass is 202 g/mol. The van der Waals surface area contributed by atoms with Gasteiger partial charge in [-0.3, -0.25) is 0 Å². The van der Waals surface area contributed by atoms with E-state index in [0.717, 1.165) is 11.1 Å². The van der Waals surface area contributed by atoms with Crippen LogP contribution in [0.25, 0.3) is 5.57 Å². The number of rotatable bonds is 4. The maximum atomic E-state index is 10.9. The number of hydrogen-bond acceptors (Lipinski definition) is 1. The maximum Gasteiger partial charge on any atom is 0.331 e. The number of benzene rings is 1. The van der Waals surface area contributed by atoms with E-state index in [4.69, 9.17) is 5.11 Å². The summed E-state index contributed by atoms with van der Waals surface area (Å²) in [5.74, 6) is -0.879. The summed E-state index contributed by atoms with van der Waals surface area (Å²) in [4.78, 5) is 10.9. The number of hydrogen-bond donors (Lipinski definition) is 1. The van der Waals surface area contributed by atoms with Crippen LogP contribution in [-0.2, 0) is 4.79 Å². The molecule has 1 aromatic carbocycles. The third-order valence-electron chi connectivity index (χ3n) is 2.24. The molecule has 0 saturated heterocycles. The molecule has 0 atom stereocenters. The largest absolute Gasteiger partial charge is 0.478 e. The van der Waals surface area contributed by atoms with E-state index in [0.29, 0.717) is 12.0 Å². The highest BCUT2D eigenvalue weighted by Crippen LogP contribution is 2.22. The average molecular weight is 202 g/mol. The molecule has 0 aliphatic heterocycles. The van der Waals surface area contributed by atoms with Crippen LogP contribution in [-0.4, -0.2) is 11.1 Å². The fourth-order valence-electron chi connectivity index (χ4n) is 1.40. The zero-order valence-corrected chi connectivity index (χ0v) is 8.73. The summed E-state index contributed by atoms with van der Waals surface area (Å²) >= 11 is 0. The first-order valence-corrected chi connectivity index (χ1v) is 4.76. The van der Waals surface area contributed by atoms with Crippen molar-refractivity contribution < 1.29 is 9.90 Å². The summed E-state index contributed by atoms with van der Waals surface area (Å²) in [6.07, 6.45) is 2.29. The normalized spacial score (nSPS) is 11.8. The van der Waals surface area contributed by atoms with E-state index < -0.39 is 5.97 Å². The molecule has 15 heavy (non-hydrogen) atoms. The number of carbonyl (C=O) groups is 1. The molecule has 0 aliphatic rings. The van der Waals surface area contributed by atoms with Crippen LogP contribution in [0, 0.1) is 0 Å². The van der Waals surface area contributed by atoms with Gasteiger partial charge in [0.2, 0.25) is 0 Å². The van der Waals surface area contributed by atoms with Crippen molar-refractivity contribution in [2.45, 2.75) is 13.3 Å². The second-order valence-corrected chi connectivity index (χ2v) is 3.27. The van der Waals surface area contributed by atoms with E-state index in [2.05, 4.69) is 6.58 Å². The lowest BCUT2D eigenvalue weighted by Gasteiger charge is -2.07. The lowest BCUT2D eigenvalue weighted by Crippen LogP contribution is -2.00. The summed E-state index contributed by atoms with van der Waals surface area (Å²) in [7, 11) is 0. The van der Waals surface area contributed by atoms with Gasteiger partial charge in [0.1, 0.15) is 0 Å². The number of allylic oxidation sites excluding steroid dienone is 2. The smallest absolute Gasteiger partial charge is 0.331 e. The van der Waals surface area contributed by atoms with Crippen molar-refractivity contribution in [3.05, 3.63) is 54.1 Å². The molecular formula is C13H14O2. The van der Waals surface area contributed by atoms with E-state index in [1.807, 2.05) is 30.3 Å². The molecule has 0 amide bonds. The number of carboxylic acids is 1. The van der Waals surface area contributed by atoms with Gasteiger partial charge in [-0.2, -0.15) is 0 Å². The molecule has 0 radical (unpaired) electrons. The minimum absolute atomic E-state index is 0.376. The van der Waals surface area contributed by atoms with E-state index in [-0.39, 0.29) is 0 Å². The van der Waals surface area contributed by atoms with E-state index in [9.17, 15) is 4.79 Å². The molecule has 0 aliphatic carbocycles. The summed E-state index contributed by atoms with van der Waals surface area (Å²) in [5, 5.41) is 8.95. The third kappa shape index (κ3) is 2.81. The first kappa shape index (κ1) is 11.2. The van der Waals surface area contributed by atoms with Gasteiger partial charge in [0, 0.05) is 5.57 Å². The van der Waals surface area contributed by atoms with Gasteiger partial charge >= 0.3 is 5.97 Å². The molecule has 1 rings (SSSR count). The fraction of sp³-hybridized carbons (Fsp3) is 0.154. The van der Waals surface area contributed by atoms with Crippen molar-refractivity contribution >= 4 is 11.5 Å². The quantitative estimate of drug-likeness (QED) is 0.601. The molecule has 0 aromatic heterocycles. The van der Waals surface area contributed by atoms with Gasteiger partial charge in [-0.25, -0.2) is 4.79 Å². The van der Waals surface area contributed by atoms with Crippen molar-refractivity contribution in [1.29, 1.82) is 0 Å². The summed E-state index contributed by atoms with van der Waals surface area (Å²) in [6, 6.07) is 9.52. The second-order valence-electron chi connectivity index (χ2n) is 3.27. The maximum absolute atomic E-state index is 10.9. The highest BCUT2D eigenvalue weighted by molar-refractivity contribution is 5.96. The average Bonchev–Trinajstić information content (AvgIpc) is 2.26. The molecule has 0 heterocycles. The number of carboxylic acid groups (broad SMARTS) is 1. The van der Waals surface area contributed by atoms with Crippen LogP contribution in [0.15, 0.2) is 48.6 Å². The Hall–Kier alpha value is -1.83. The van der Waals surface area contributed by atoms with Crippen LogP contribution in [0.2, 0.25) is 0 Å². The van der Waals surface area contributed by atoms with Crippen molar-refractivity contribution in [2.75, 3.05) is 0 Å². The van der Waals surface area contributed by atoms with Gasteiger partial charge in [0.15, 0.2) is 0 Å². The van der Waals surface area contributed by atoms with E-state index in [1.54, 1.807) is 13.0 Å². The van der Waals surface area contributed by atoms with Crippen LogP contribution in [0.3, 0.4) is 0 Å². The predicted molar refractivity (Wildman–Crippen MR) is 61.5 cm³/mol. The molecule has 0 bridgehead atoms. The Bertz CT molecular complexity index is 388. The van der Waals surface area contributed by atoms with Crippen LogP contribution in [0.4, 0.5) is 0 Å². The Kier molecular flexibility index (Phi) is 3.86. The minimum atomic E-state index is -0.879. The Balaban J connectivity index is 3.20. The molecule has 78 valence electrons. The van der Waals surface area contributed by atoms with Gasteiger partial charge in [-0.1, -0.05) is 36.4 Å². The summed E-state index contributed by atoms with van der Waals surface area (Å²) in [5.41, 5.74) is 2.14. The van der Waals surface area contributed by atoms with Crippen molar-refractivity contribution in [1.82, 2.24) is 0 Å². The highest BCUT2D eigenvalue weighted by Gasteiger charge is 2.09. The van der Waals surface area contributed by atoms with Gasteiger partial charge in [-0.05, 0) is 24.5 Å². The van der Waals surface area contributed by atoms with Gasteiger partial charge in [-0.15, -0.1) is 6.58 Å². The van der Waals surface area contributed by atoms with E-state index >= 15 is 0 Å². The van der Waals surface area contributed by atoms with Crippen molar-refractivity contribution in [3.63, 3.8) is 0 Å². The van der Waals surface area contributed by atoms with Crippen molar-refractivity contribution in [2.24, 2.45) is 0 Å². The second kappa shape index (κ2) is 5.15. The molecule has 0 saturated carbocycles. The Morgan fingerprint density at radius 3 is 2.47 bits per heavy atom.